The molecule has 8 heteroatoms. The number of amides is 1. The Hall–Kier alpha value is -2.87. The molecule has 0 spiro atoms. The molecule has 150 valence electrons. The first-order valence-electron chi connectivity index (χ1n) is 8.85. The van der Waals surface area contributed by atoms with Gasteiger partial charge in [0.15, 0.2) is 6.61 Å². The molecule has 0 aliphatic heterocycles. The molecule has 0 atom stereocenters. The summed E-state index contributed by atoms with van der Waals surface area (Å²) in [5, 5.41) is 3.17. The topological polar surface area (TPSA) is 90.9 Å². The largest absolute Gasteiger partial charge is 0.484 e. The second-order valence-electron chi connectivity index (χ2n) is 5.76. The second kappa shape index (κ2) is 10.5. The van der Waals surface area contributed by atoms with Crippen molar-refractivity contribution in [3.05, 3.63) is 46.3 Å². The Kier molecular flexibility index (Phi) is 8.01. The highest BCUT2D eigenvalue weighted by atomic mass is 32.1. The normalized spacial score (nSPS) is 10.2. The summed E-state index contributed by atoms with van der Waals surface area (Å²) >= 11 is 1.34. The van der Waals surface area contributed by atoms with Crippen LogP contribution in [-0.4, -0.2) is 38.2 Å². The zero-order valence-electron chi connectivity index (χ0n) is 16.1. The fourth-order valence-corrected chi connectivity index (χ4v) is 3.32. The molecular formula is C20H23NO6S. The molecule has 2 rings (SSSR count). The maximum absolute atomic E-state index is 12.2. The summed E-state index contributed by atoms with van der Waals surface area (Å²) in [7, 11) is 1.34. The Labute approximate surface area is 167 Å². The van der Waals surface area contributed by atoms with Gasteiger partial charge in [0.2, 0.25) is 0 Å². The van der Waals surface area contributed by atoms with Crippen molar-refractivity contribution in [2.45, 2.75) is 26.7 Å². The number of hydrogen-bond acceptors (Lipinski definition) is 7. The third kappa shape index (κ3) is 6.09. The summed E-state index contributed by atoms with van der Waals surface area (Å²) in [6, 6.07) is 8.55. The van der Waals surface area contributed by atoms with Crippen molar-refractivity contribution < 1.29 is 28.6 Å². The molecule has 0 saturated carbocycles. The average molecular weight is 405 g/mol. The highest BCUT2D eigenvalue weighted by Gasteiger charge is 2.18. The molecule has 0 fully saturated rings. The van der Waals surface area contributed by atoms with Crippen molar-refractivity contribution in [1.82, 2.24) is 0 Å². The van der Waals surface area contributed by atoms with E-state index in [1.807, 2.05) is 6.92 Å². The van der Waals surface area contributed by atoms with Crippen LogP contribution in [0.15, 0.2) is 30.3 Å². The Balaban J connectivity index is 1.94. The van der Waals surface area contributed by atoms with Crippen LogP contribution in [0.4, 0.5) is 5.00 Å². The highest BCUT2D eigenvalue weighted by molar-refractivity contribution is 7.16. The summed E-state index contributed by atoms with van der Waals surface area (Å²) in [5.41, 5.74) is 1.14. The van der Waals surface area contributed by atoms with Gasteiger partial charge in [0.25, 0.3) is 5.91 Å². The number of aryl methyl sites for hydroxylation is 1. The lowest BCUT2D eigenvalue weighted by Gasteiger charge is -2.08. The molecule has 1 aromatic carbocycles. The van der Waals surface area contributed by atoms with Gasteiger partial charge in [-0.2, -0.15) is 0 Å². The number of methoxy groups -OCH3 is 1. The van der Waals surface area contributed by atoms with E-state index in [0.29, 0.717) is 16.3 Å². The number of esters is 2. The van der Waals surface area contributed by atoms with Gasteiger partial charge in [0, 0.05) is 4.88 Å². The van der Waals surface area contributed by atoms with Crippen molar-refractivity contribution in [2.75, 3.05) is 25.6 Å². The Morgan fingerprint density at radius 3 is 2.43 bits per heavy atom. The van der Waals surface area contributed by atoms with E-state index in [4.69, 9.17) is 9.47 Å². The molecule has 28 heavy (non-hydrogen) atoms. The van der Waals surface area contributed by atoms with E-state index in [1.165, 1.54) is 18.4 Å². The van der Waals surface area contributed by atoms with Gasteiger partial charge in [0.05, 0.1) is 25.7 Å². The SMILES string of the molecule is CCOC(=O)c1cc(CC)sc1NC(=O)COc1ccc(CC(=O)OC)cc1. The maximum Gasteiger partial charge on any atom is 0.341 e. The third-order valence-corrected chi connectivity index (χ3v) is 4.94. The number of thiophene rings is 1. The lowest BCUT2D eigenvalue weighted by Crippen LogP contribution is -2.21. The molecular weight excluding hydrogens is 382 g/mol. The van der Waals surface area contributed by atoms with Crippen molar-refractivity contribution in [3.8, 4) is 5.75 Å². The lowest BCUT2D eigenvalue weighted by atomic mass is 10.1. The van der Waals surface area contributed by atoms with Crippen LogP contribution >= 0.6 is 11.3 Å². The first kappa shape index (κ1) is 21.4. The first-order chi connectivity index (χ1) is 13.5. The van der Waals surface area contributed by atoms with Crippen LogP contribution in [0.1, 0.15) is 34.6 Å². The predicted octanol–water partition coefficient (Wildman–Crippen LogP) is 3.22. The van der Waals surface area contributed by atoms with Gasteiger partial charge >= 0.3 is 11.9 Å². The Morgan fingerprint density at radius 1 is 1.11 bits per heavy atom. The standard InChI is InChI=1S/C20H23NO6S/c1-4-15-11-16(20(24)26-5-2)19(28-15)21-17(22)12-27-14-8-6-13(7-9-14)10-18(23)25-3/h6-9,11H,4-5,10,12H2,1-3H3,(H,21,22). The highest BCUT2D eigenvalue weighted by Crippen LogP contribution is 2.29. The molecule has 2 aromatic rings. The summed E-state index contributed by atoms with van der Waals surface area (Å²) in [4.78, 5) is 36.5. The first-order valence-corrected chi connectivity index (χ1v) is 9.66. The number of hydrogen-bond donors (Lipinski definition) is 1. The quantitative estimate of drug-likeness (QED) is 0.644. The Morgan fingerprint density at radius 2 is 1.82 bits per heavy atom. The monoisotopic (exact) mass is 405 g/mol. The lowest BCUT2D eigenvalue weighted by molar-refractivity contribution is -0.139. The van der Waals surface area contributed by atoms with Crippen LogP contribution in [0.25, 0.3) is 0 Å². The van der Waals surface area contributed by atoms with Crippen molar-refractivity contribution in [3.63, 3.8) is 0 Å². The van der Waals surface area contributed by atoms with Crippen LogP contribution in [0.5, 0.6) is 5.75 Å². The molecule has 0 radical (unpaired) electrons. The smallest absolute Gasteiger partial charge is 0.341 e. The van der Waals surface area contributed by atoms with Gasteiger partial charge in [-0.25, -0.2) is 4.79 Å². The molecule has 1 aromatic heterocycles. The zero-order chi connectivity index (χ0) is 20.5. The molecule has 0 saturated heterocycles. The van der Waals surface area contributed by atoms with Crippen LogP contribution < -0.4 is 10.1 Å². The summed E-state index contributed by atoms with van der Waals surface area (Å²) in [6.45, 7) is 3.75. The van der Waals surface area contributed by atoms with Crippen molar-refractivity contribution in [1.29, 1.82) is 0 Å². The van der Waals surface area contributed by atoms with Gasteiger partial charge < -0.3 is 19.5 Å². The maximum atomic E-state index is 12.2. The van der Waals surface area contributed by atoms with Crippen molar-refractivity contribution >= 4 is 34.2 Å². The van der Waals surface area contributed by atoms with Gasteiger partial charge in [-0.05, 0) is 37.1 Å². The van der Waals surface area contributed by atoms with Gasteiger partial charge in [-0.15, -0.1) is 11.3 Å². The molecule has 7 nitrogen and oxygen atoms in total. The van der Waals surface area contributed by atoms with Crippen LogP contribution in [0.2, 0.25) is 0 Å². The minimum atomic E-state index is -0.462. The van der Waals surface area contributed by atoms with Crippen LogP contribution in [0, 0.1) is 0 Å². The second-order valence-corrected chi connectivity index (χ2v) is 6.90. The van der Waals surface area contributed by atoms with Gasteiger partial charge in [0.1, 0.15) is 10.8 Å². The number of carbonyl (C=O) groups excluding carboxylic acids is 3. The number of nitrogens with one attached hydrogen (secondary N) is 1. The van der Waals surface area contributed by atoms with Crippen LogP contribution in [0.3, 0.4) is 0 Å². The number of ether oxygens (including phenoxy) is 3. The third-order valence-electron chi connectivity index (χ3n) is 3.75. The van der Waals surface area contributed by atoms with E-state index in [1.54, 1.807) is 37.3 Å². The predicted molar refractivity (Wildman–Crippen MR) is 106 cm³/mol. The fourth-order valence-electron chi connectivity index (χ4n) is 2.32. The van der Waals surface area contributed by atoms with E-state index >= 15 is 0 Å². The molecule has 1 heterocycles. The molecule has 1 N–H and O–H groups in total. The number of anilines is 1. The van der Waals surface area contributed by atoms with Gasteiger partial charge in [-0.3, -0.25) is 9.59 Å². The minimum absolute atomic E-state index is 0.173. The molecule has 0 aliphatic carbocycles. The molecule has 0 unspecified atom stereocenters. The number of carbonyl (C=O) groups is 3. The minimum Gasteiger partial charge on any atom is -0.484 e. The molecule has 1 amide bonds. The molecule has 0 aliphatic rings. The fraction of sp³-hybridized carbons (Fsp3) is 0.350. The number of rotatable bonds is 9. The zero-order valence-corrected chi connectivity index (χ0v) is 16.9. The summed E-state index contributed by atoms with van der Waals surface area (Å²) in [5.74, 6) is -0.674. The average Bonchev–Trinajstić information content (AvgIpc) is 3.10. The van der Waals surface area contributed by atoms with E-state index in [9.17, 15) is 14.4 Å². The van der Waals surface area contributed by atoms with Crippen LogP contribution in [-0.2, 0) is 31.9 Å². The van der Waals surface area contributed by atoms with E-state index in [0.717, 1.165) is 16.9 Å². The van der Waals surface area contributed by atoms with Crippen molar-refractivity contribution in [2.24, 2.45) is 0 Å². The summed E-state index contributed by atoms with van der Waals surface area (Å²) < 4.78 is 15.1. The summed E-state index contributed by atoms with van der Waals surface area (Å²) in [6.07, 6.45) is 0.924. The van der Waals surface area contributed by atoms with E-state index in [-0.39, 0.29) is 31.5 Å². The molecule has 0 bridgehead atoms. The number of benzene rings is 1. The van der Waals surface area contributed by atoms with Gasteiger partial charge in [-0.1, -0.05) is 19.1 Å². The van der Waals surface area contributed by atoms with E-state index < -0.39 is 5.97 Å². The van der Waals surface area contributed by atoms with E-state index in [2.05, 4.69) is 10.1 Å². The Bertz CT molecular complexity index is 828.